The van der Waals surface area contributed by atoms with Gasteiger partial charge in [0.25, 0.3) is 0 Å². The molecule has 2 nitrogen and oxygen atoms in total. The standard InChI is InChI=1S/C17H14Cl2N2/c1-9-4-11(3)15-14(7-9)16(19)21-17(20-15)12-5-10(2)6-13(18)8-12/h4-8H,1-3H3. The van der Waals surface area contributed by atoms with Crippen molar-refractivity contribution < 1.29 is 0 Å². The molecule has 0 saturated carbocycles. The van der Waals surface area contributed by atoms with Crippen LogP contribution in [0.3, 0.4) is 0 Å². The third kappa shape index (κ3) is 2.74. The van der Waals surface area contributed by atoms with Gasteiger partial charge >= 0.3 is 0 Å². The van der Waals surface area contributed by atoms with Crippen molar-refractivity contribution in [2.24, 2.45) is 0 Å². The van der Waals surface area contributed by atoms with Crippen LogP contribution in [0.1, 0.15) is 16.7 Å². The third-order valence-electron chi connectivity index (χ3n) is 3.39. The molecule has 0 atom stereocenters. The van der Waals surface area contributed by atoms with E-state index < -0.39 is 0 Å². The molecule has 1 aromatic heterocycles. The quantitative estimate of drug-likeness (QED) is 0.552. The minimum absolute atomic E-state index is 0.472. The molecule has 0 bridgehead atoms. The van der Waals surface area contributed by atoms with Crippen LogP contribution < -0.4 is 0 Å². The van der Waals surface area contributed by atoms with Gasteiger partial charge in [-0.3, -0.25) is 0 Å². The van der Waals surface area contributed by atoms with E-state index in [1.54, 1.807) is 0 Å². The van der Waals surface area contributed by atoms with Crippen LogP contribution in [0.5, 0.6) is 0 Å². The van der Waals surface area contributed by atoms with Crippen molar-refractivity contribution in [1.29, 1.82) is 0 Å². The van der Waals surface area contributed by atoms with Gasteiger partial charge in [-0.25, -0.2) is 9.97 Å². The van der Waals surface area contributed by atoms with Crippen LogP contribution >= 0.6 is 23.2 Å². The molecule has 0 saturated heterocycles. The molecule has 0 radical (unpaired) electrons. The minimum Gasteiger partial charge on any atom is -0.228 e. The fourth-order valence-electron chi connectivity index (χ4n) is 2.54. The highest BCUT2D eigenvalue weighted by Gasteiger charge is 2.11. The lowest BCUT2D eigenvalue weighted by atomic mass is 10.1. The number of aryl methyl sites for hydroxylation is 3. The van der Waals surface area contributed by atoms with Crippen molar-refractivity contribution in [3.05, 3.63) is 57.2 Å². The smallest absolute Gasteiger partial charge is 0.161 e. The zero-order chi connectivity index (χ0) is 15.1. The van der Waals surface area contributed by atoms with E-state index in [4.69, 9.17) is 23.2 Å². The molecule has 0 fully saturated rings. The van der Waals surface area contributed by atoms with E-state index in [2.05, 4.69) is 16.0 Å². The Morgan fingerprint density at radius 3 is 2.24 bits per heavy atom. The zero-order valence-electron chi connectivity index (χ0n) is 12.0. The lowest BCUT2D eigenvalue weighted by Crippen LogP contribution is -1.95. The summed E-state index contributed by atoms with van der Waals surface area (Å²) in [6.07, 6.45) is 0. The summed E-state index contributed by atoms with van der Waals surface area (Å²) in [6, 6.07) is 9.88. The normalized spacial score (nSPS) is 11.1. The first-order valence-corrected chi connectivity index (χ1v) is 7.42. The zero-order valence-corrected chi connectivity index (χ0v) is 13.5. The number of benzene rings is 2. The Labute approximate surface area is 133 Å². The fourth-order valence-corrected chi connectivity index (χ4v) is 3.06. The van der Waals surface area contributed by atoms with E-state index in [-0.39, 0.29) is 0 Å². The fraction of sp³-hybridized carbons (Fsp3) is 0.176. The maximum absolute atomic E-state index is 6.35. The number of rotatable bonds is 1. The number of fused-ring (bicyclic) bond motifs is 1. The maximum atomic E-state index is 6.35. The third-order valence-corrected chi connectivity index (χ3v) is 3.90. The molecule has 21 heavy (non-hydrogen) atoms. The molecule has 0 N–H and O–H groups in total. The van der Waals surface area contributed by atoms with Crippen molar-refractivity contribution in [2.45, 2.75) is 20.8 Å². The van der Waals surface area contributed by atoms with Crippen LogP contribution in [0.2, 0.25) is 10.2 Å². The van der Waals surface area contributed by atoms with E-state index in [1.807, 2.05) is 45.0 Å². The van der Waals surface area contributed by atoms with E-state index in [0.717, 1.165) is 33.2 Å². The molecule has 3 aromatic rings. The first kappa shape index (κ1) is 14.3. The van der Waals surface area contributed by atoms with Gasteiger partial charge in [0.15, 0.2) is 5.82 Å². The van der Waals surface area contributed by atoms with Crippen LogP contribution in [-0.2, 0) is 0 Å². The SMILES string of the molecule is Cc1cc(Cl)cc(-c2nc(Cl)c3cc(C)cc(C)c3n2)c1. The summed E-state index contributed by atoms with van der Waals surface area (Å²) in [7, 11) is 0. The van der Waals surface area contributed by atoms with E-state index >= 15 is 0 Å². The molecule has 0 aliphatic carbocycles. The van der Waals surface area contributed by atoms with Crippen molar-refractivity contribution >= 4 is 34.1 Å². The van der Waals surface area contributed by atoms with E-state index in [0.29, 0.717) is 16.0 Å². The molecule has 106 valence electrons. The number of hydrogen-bond acceptors (Lipinski definition) is 2. The molecule has 0 unspecified atom stereocenters. The Balaban J connectivity index is 2.30. The Kier molecular flexibility index (Phi) is 3.60. The Bertz CT molecular complexity index is 837. The number of hydrogen-bond donors (Lipinski definition) is 0. The summed E-state index contributed by atoms with van der Waals surface area (Å²) in [5, 5.41) is 2.03. The predicted octanol–water partition coefficient (Wildman–Crippen LogP) is 5.53. The Morgan fingerprint density at radius 2 is 1.52 bits per heavy atom. The lowest BCUT2D eigenvalue weighted by molar-refractivity contribution is 1.21. The van der Waals surface area contributed by atoms with Gasteiger partial charge in [0, 0.05) is 16.0 Å². The molecule has 0 amide bonds. The summed E-state index contributed by atoms with van der Waals surface area (Å²) < 4.78 is 0. The first-order chi connectivity index (χ1) is 9.94. The Morgan fingerprint density at radius 1 is 0.810 bits per heavy atom. The first-order valence-electron chi connectivity index (χ1n) is 6.66. The van der Waals surface area contributed by atoms with Crippen LogP contribution in [0, 0.1) is 20.8 Å². The summed E-state index contributed by atoms with van der Waals surface area (Å²) in [4.78, 5) is 9.11. The van der Waals surface area contributed by atoms with Gasteiger partial charge < -0.3 is 0 Å². The van der Waals surface area contributed by atoms with Crippen LogP contribution in [-0.4, -0.2) is 9.97 Å². The topological polar surface area (TPSA) is 25.8 Å². The van der Waals surface area contributed by atoms with Crippen LogP contribution in [0.4, 0.5) is 0 Å². The van der Waals surface area contributed by atoms with Gasteiger partial charge in [0.2, 0.25) is 0 Å². The van der Waals surface area contributed by atoms with Gasteiger partial charge in [-0.2, -0.15) is 0 Å². The lowest BCUT2D eigenvalue weighted by Gasteiger charge is -2.09. The highest BCUT2D eigenvalue weighted by molar-refractivity contribution is 6.34. The largest absolute Gasteiger partial charge is 0.228 e. The maximum Gasteiger partial charge on any atom is 0.161 e. The molecule has 0 aliphatic rings. The van der Waals surface area contributed by atoms with E-state index in [1.165, 1.54) is 0 Å². The predicted molar refractivity (Wildman–Crippen MR) is 89.2 cm³/mol. The number of nitrogens with zero attached hydrogens (tertiary/aromatic N) is 2. The average Bonchev–Trinajstić information content (AvgIpc) is 2.38. The molecule has 3 rings (SSSR count). The summed E-state index contributed by atoms with van der Waals surface area (Å²) >= 11 is 12.5. The summed E-state index contributed by atoms with van der Waals surface area (Å²) in [6.45, 7) is 6.06. The van der Waals surface area contributed by atoms with Crippen LogP contribution in [0.15, 0.2) is 30.3 Å². The molecule has 4 heteroatoms. The molecule has 1 heterocycles. The summed E-state index contributed by atoms with van der Waals surface area (Å²) in [5.74, 6) is 0.602. The minimum atomic E-state index is 0.472. The number of halogens is 2. The van der Waals surface area contributed by atoms with Gasteiger partial charge in [-0.05, 0) is 56.2 Å². The van der Waals surface area contributed by atoms with Crippen molar-refractivity contribution in [3.8, 4) is 11.4 Å². The summed E-state index contributed by atoms with van der Waals surface area (Å²) in [5.41, 5.74) is 5.07. The van der Waals surface area contributed by atoms with E-state index in [9.17, 15) is 0 Å². The monoisotopic (exact) mass is 316 g/mol. The van der Waals surface area contributed by atoms with Crippen molar-refractivity contribution in [3.63, 3.8) is 0 Å². The highest BCUT2D eigenvalue weighted by atomic mass is 35.5. The number of aromatic nitrogens is 2. The van der Waals surface area contributed by atoms with Crippen molar-refractivity contribution in [2.75, 3.05) is 0 Å². The molecule has 2 aromatic carbocycles. The second-order valence-electron chi connectivity index (χ2n) is 5.33. The average molecular weight is 317 g/mol. The molecule has 0 spiro atoms. The highest BCUT2D eigenvalue weighted by Crippen LogP contribution is 2.29. The van der Waals surface area contributed by atoms with Gasteiger partial charge in [0.05, 0.1) is 5.52 Å². The molecule has 0 aliphatic heterocycles. The Hall–Kier alpha value is -1.64. The van der Waals surface area contributed by atoms with Crippen molar-refractivity contribution in [1.82, 2.24) is 9.97 Å². The second-order valence-corrected chi connectivity index (χ2v) is 6.13. The molecular formula is C17H14Cl2N2. The molecular weight excluding hydrogens is 303 g/mol. The van der Waals surface area contributed by atoms with Gasteiger partial charge in [-0.15, -0.1) is 0 Å². The van der Waals surface area contributed by atoms with Crippen LogP contribution in [0.25, 0.3) is 22.3 Å². The van der Waals surface area contributed by atoms with Gasteiger partial charge in [0.1, 0.15) is 5.15 Å². The van der Waals surface area contributed by atoms with Gasteiger partial charge in [-0.1, -0.05) is 34.8 Å². The second kappa shape index (κ2) is 5.28.